The summed E-state index contributed by atoms with van der Waals surface area (Å²) in [4.78, 5) is 7.12. The smallest absolute Gasteiger partial charge is 0.367 e. The Morgan fingerprint density at radius 3 is 2.63 bits per heavy atom. The number of thioether (sulfide) groups is 1. The van der Waals surface area contributed by atoms with Crippen molar-refractivity contribution in [2.24, 2.45) is 5.84 Å². The van der Waals surface area contributed by atoms with Gasteiger partial charge in [0.1, 0.15) is 5.82 Å². The van der Waals surface area contributed by atoms with Crippen LogP contribution < -0.4 is 16.6 Å². The number of halogens is 3. The lowest BCUT2D eigenvalue weighted by Gasteiger charge is -2.16. The normalized spacial score (nSPS) is 13.2. The van der Waals surface area contributed by atoms with E-state index in [2.05, 4.69) is 15.3 Å². The Bertz CT molecular complexity index is 413. The SMILES string of the molecule is CSCCC(C)Nc1cc(C(F)(F)F)nc(NN)n1. The standard InChI is InChI=1S/C10H16F3N5S/c1-6(3-4-19-2)15-8-5-7(10(11,12)13)16-9(17-8)18-14/h5-6H,3-4,14H2,1-2H3,(H2,15,16,17,18). The molecule has 19 heavy (non-hydrogen) atoms. The molecule has 0 aromatic carbocycles. The maximum Gasteiger partial charge on any atom is 0.433 e. The Labute approximate surface area is 113 Å². The van der Waals surface area contributed by atoms with E-state index in [1.54, 1.807) is 11.8 Å². The molecule has 0 saturated heterocycles. The van der Waals surface area contributed by atoms with Gasteiger partial charge >= 0.3 is 6.18 Å². The van der Waals surface area contributed by atoms with E-state index in [-0.39, 0.29) is 17.8 Å². The lowest BCUT2D eigenvalue weighted by Crippen LogP contribution is -2.20. The molecule has 0 fully saturated rings. The molecule has 4 N–H and O–H groups in total. The van der Waals surface area contributed by atoms with Crippen LogP contribution in [0.3, 0.4) is 0 Å². The number of nitrogen functional groups attached to an aromatic ring is 1. The Hall–Kier alpha value is -1.22. The van der Waals surface area contributed by atoms with Crippen LogP contribution >= 0.6 is 11.8 Å². The summed E-state index contributed by atoms with van der Waals surface area (Å²) >= 11 is 1.67. The molecule has 0 saturated carbocycles. The van der Waals surface area contributed by atoms with Crippen LogP contribution in [0.5, 0.6) is 0 Å². The van der Waals surface area contributed by atoms with Gasteiger partial charge in [0.15, 0.2) is 5.69 Å². The number of rotatable bonds is 6. The van der Waals surface area contributed by atoms with E-state index in [1.165, 1.54) is 0 Å². The monoisotopic (exact) mass is 295 g/mol. The predicted molar refractivity (Wildman–Crippen MR) is 70.9 cm³/mol. The van der Waals surface area contributed by atoms with E-state index < -0.39 is 11.9 Å². The second-order valence-corrected chi connectivity index (χ2v) is 4.92. The molecular weight excluding hydrogens is 279 g/mol. The fraction of sp³-hybridized carbons (Fsp3) is 0.600. The van der Waals surface area contributed by atoms with Gasteiger partial charge in [-0.05, 0) is 25.4 Å². The minimum atomic E-state index is -4.53. The van der Waals surface area contributed by atoms with Gasteiger partial charge in [0, 0.05) is 12.1 Å². The van der Waals surface area contributed by atoms with Gasteiger partial charge in [-0.15, -0.1) is 0 Å². The van der Waals surface area contributed by atoms with E-state index in [0.29, 0.717) is 0 Å². The summed E-state index contributed by atoms with van der Waals surface area (Å²) in [5.74, 6) is 5.81. The van der Waals surface area contributed by atoms with Crippen molar-refractivity contribution >= 4 is 23.5 Å². The van der Waals surface area contributed by atoms with Crippen LogP contribution in [0.25, 0.3) is 0 Å². The van der Waals surface area contributed by atoms with Gasteiger partial charge in [-0.25, -0.2) is 10.8 Å². The Morgan fingerprint density at radius 2 is 2.11 bits per heavy atom. The van der Waals surface area contributed by atoms with E-state index in [1.807, 2.05) is 18.6 Å². The highest BCUT2D eigenvalue weighted by atomic mass is 32.2. The van der Waals surface area contributed by atoms with Gasteiger partial charge < -0.3 is 5.32 Å². The minimum Gasteiger partial charge on any atom is -0.367 e. The van der Waals surface area contributed by atoms with Crippen molar-refractivity contribution in [3.8, 4) is 0 Å². The summed E-state index contributed by atoms with van der Waals surface area (Å²) < 4.78 is 37.9. The van der Waals surface area contributed by atoms with Crippen molar-refractivity contribution in [1.29, 1.82) is 0 Å². The second-order valence-electron chi connectivity index (χ2n) is 3.93. The number of anilines is 2. The van der Waals surface area contributed by atoms with Gasteiger partial charge in [0.05, 0.1) is 0 Å². The fourth-order valence-corrected chi connectivity index (χ4v) is 1.94. The van der Waals surface area contributed by atoms with Gasteiger partial charge in [-0.3, -0.25) is 5.43 Å². The zero-order valence-corrected chi connectivity index (χ0v) is 11.4. The van der Waals surface area contributed by atoms with Crippen molar-refractivity contribution in [2.45, 2.75) is 25.6 Å². The Kier molecular flexibility index (Phi) is 5.67. The van der Waals surface area contributed by atoms with E-state index in [0.717, 1.165) is 18.2 Å². The van der Waals surface area contributed by atoms with Crippen LogP contribution in [0.15, 0.2) is 6.07 Å². The molecule has 9 heteroatoms. The Morgan fingerprint density at radius 1 is 1.42 bits per heavy atom. The van der Waals surface area contributed by atoms with Crippen molar-refractivity contribution < 1.29 is 13.2 Å². The van der Waals surface area contributed by atoms with Crippen molar-refractivity contribution in [3.63, 3.8) is 0 Å². The first-order chi connectivity index (χ1) is 8.86. The molecule has 0 amide bonds. The number of aromatic nitrogens is 2. The summed E-state index contributed by atoms with van der Waals surface area (Å²) in [5.41, 5.74) is 0.998. The van der Waals surface area contributed by atoms with Gasteiger partial charge in [0.25, 0.3) is 0 Å². The Balaban J connectivity index is 2.88. The molecule has 0 aliphatic rings. The molecule has 1 atom stereocenters. The minimum absolute atomic E-state index is 0.00839. The summed E-state index contributed by atoms with van der Waals surface area (Å²) in [7, 11) is 0. The number of nitrogens with two attached hydrogens (primary N) is 1. The highest BCUT2D eigenvalue weighted by Gasteiger charge is 2.33. The third kappa shape index (κ3) is 5.11. The number of nitrogens with zero attached hydrogens (tertiary/aromatic N) is 2. The number of hydrogen-bond acceptors (Lipinski definition) is 6. The quantitative estimate of drug-likeness (QED) is 0.552. The molecule has 1 aromatic rings. The number of hydrazine groups is 1. The molecule has 1 rings (SSSR count). The zero-order chi connectivity index (χ0) is 14.5. The van der Waals surface area contributed by atoms with Crippen LogP contribution in [0.4, 0.5) is 24.9 Å². The highest BCUT2D eigenvalue weighted by Crippen LogP contribution is 2.29. The summed E-state index contributed by atoms with van der Waals surface area (Å²) in [6.07, 6.45) is -1.75. The summed E-state index contributed by atoms with van der Waals surface area (Å²) in [6, 6.07) is 0.880. The summed E-state index contributed by atoms with van der Waals surface area (Å²) in [6.45, 7) is 1.88. The molecule has 5 nitrogen and oxygen atoms in total. The first-order valence-corrected chi connectivity index (χ1v) is 6.94. The van der Waals surface area contributed by atoms with Crippen molar-refractivity contribution in [1.82, 2.24) is 9.97 Å². The van der Waals surface area contributed by atoms with E-state index in [4.69, 9.17) is 5.84 Å². The lowest BCUT2D eigenvalue weighted by atomic mass is 10.2. The average molecular weight is 295 g/mol. The summed E-state index contributed by atoms with van der Waals surface area (Å²) in [5, 5.41) is 2.90. The molecule has 1 unspecified atom stereocenters. The average Bonchev–Trinajstić information content (AvgIpc) is 2.34. The van der Waals surface area contributed by atoms with Crippen LogP contribution in [0, 0.1) is 0 Å². The third-order valence-electron chi connectivity index (χ3n) is 2.29. The number of alkyl halides is 3. The second kappa shape index (κ2) is 6.80. The molecule has 1 aromatic heterocycles. The molecule has 1 heterocycles. The molecule has 0 spiro atoms. The number of nitrogens with one attached hydrogen (secondary N) is 2. The first kappa shape index (κ1) is 15.8. The fourth-order valence-electron chi connectivity index (χ4n) is 1.35. The lowest BCUT2D eigenvalue weighted by molar-refractivity contribution is -0.141. The largest absolute Gasteiger partial charge is 0.433 e. The van der Waals surface area contributed by atoms with Crippen LogP contribution in [-0.2, 0) is 6.18 Å². The topological polar surface area (TPSA) is 75.9 Å². The third-order valence-corrected chi connectivity index (χ3v) is 2.94. The maximum atomic E-state index is 12.6. The van der Waals surface area contributed by atoms with E-state index in [9.17, 15) is 13.2 Å². The van der Waals surface area contributed by atoms with Gasteiger partial charge in [-0.1, -0.05) is 0 Å². The molecule has 0 aliphatic heterocycles. The number of hydrogen-bond donors (Lipinski definition) is 3. The van der Waals surface area contributed by atoms with E-state index >= 15 is 0 Å². The van der Waals surface area contributed by atoms with Crippen molar-refractivity contribution in [3.05, 3.63) is 11.8 Å². The molecule has 0 bridgehead atoms. The highest BCUT2D eigenvalue weighted by molar-refractivity contribution is 7.98. The predicted octanol–water partition coefficient (Wildman–Crippen LogP) is 2.33. The van der Waals surface area contributed by atoms with Crippen molar-refractivity contribution in [2.75, 3.05) is 22.8 Å². The van der Waals surface area contributed by atoms with Crippen LogP contribution in [0.1, 0.15) is 19.0 Å². The molecule has 0 aliphatic carbocycles. The molecular formula is C10H16F3N5S. The first-order valence-electron chi connectivity index (χ1n) is 5.55. The van der Waals surface area contributed by atoms with Crippen LogP contribution in [0.2, 0.25) is 0 Å². The molecule has 0 radical (unpaired) electrons. The van der Waals surface area contributed by atoms with Crippen LogP contribution in [-0.4, -0.2) is 28.0 Å². The van der Waals surface area contributed by atoms with Gasteiger partial charge in [-0.2, -0.15) is 29.9 Å². The molecule has 108 valence electrons. The maximum absolute atomic E-state index is 12.6. The zero-order valence-electron chi connectivity index (χ0n) is 10.6. The van der Waals surface area contributed by atoms with Gasteiger partial charge in [0.2, 0.25) is 5.95 Å².